The number of carbonyl (C=O) groups excluding carboxylic acids is 1. The highest BCUT2D eigenvalue weighted by molar-refractivity contribution is 5.87. The molecule has 1 aromatic heterocycles. The molecular formula is C16H20N4O. The van der Waals surface area contributed by atoms with E-state index in [4.69, 9.17) is 0 Å². The number of hydrogen-bond acceptors (Lipinski definition) is 3. The molecule has 3 saturated heterocycles. The lowest BCUT2D eigenvalue weighted by Gasteiger charge is -2.44. The summed E-state index contributed by atoms with van der Waals surface area (Å²) in [5.41, 5.74) is 1.83. The SMILES string of the molecule is O=C(Cc1[nH]nc2ccccc12)N[C@@H]1CN2CCC1CC2. The first-order valence-electron chi connectivity index (χ1n) is 7.73. The molecule has 5 rings (SSSR count). The number of hydrogen-bond donors (Lipinski definition) is 2. The Kier molecular flexibility index (Phi) is 3.15. The van der Waals surface area contributed by atoms with Gasteiger partial charge in [0.1, 0.15) is 0 Å². The summed E-state index contributed by atoms with van der Waals surface area (Å²) in [5, 5.41) is 11.5. The second kappa shape index (κ2) is 5.15. The lowest BCUT2D eigenvalue weighted by Crippen LogP contribution is -2.57. The Morgan fingerprint density at radius 1 is 1.33 bits per heavy atom. The summed E-state index contributed by atoms with van der Waals surface area (Å²) < 4.78 is 0. The predicted molar refractivity (Wildman–Crippen MR) is 80.9 cm³/mol. The van der Waals surface area contributed by atoms with Crippen LogP contribution in [-0.2, 0) is 11.2 Å². The number of rotatable bonds is 3. The zero-order valence-corrected chi connectivity index (χ0v) is 12.0. The van der Waals surface area contributed by atoms with Gasteiger partial charge in [0.05, 0.1) is 17.6 Å². The molecule has 0 spiro atoms. The van der Waals surface area contributed by atoms with Crippen LogP contribution in [0.1, 0.15) is 18.5 Å². The number of amides is 1. The van der Waals surface area contributed by atoms with Gasteiger partial charge < -0.3 is 10.2 Å². The highest BCUT2D eigenvalue weighted by atomic mass is 16.1. The number of para-hydroxylation sites is 1. The Morgan fingerprint density at radius 3 is 2.90 bits per heavy atom. The van der Waals surface area contributed by atoms with Gasteiger partial charge in [0, 0.05) is 18.0 Å². The number of benzene rings is 1. The fraction of sp³-hybridized carbons (Fsp3) is 0.500. The fourth-order valence-corrected chi connectivity index (χ4v) is 3.70. The van der Waals surface area contributed by atoms with Gasteiger partial charge in [-0.2, -0.15) is 5.10 Å². The van der Waals surface area contributed by atoms with Gasteiger partial charge in [-0.15, -0.1) is 0 Å². The molecule has 5 heteroatoms. The molecule has 1 amide bonds. The van der Waals surface area contributed by atoms with E-state index in [1.165, 1.54) is 25.9 Å². The van der Waals surface area contributed by atoms with Crippen molar-refractivity contribution in [2.45, 2.75) is 25.3 Å². The minimum Gasteiger partial charge on any atom is -0.351 e. The molecule has 0 radical (unpaired) electrons. The molecule has 1 atom stereocenters. The number of aromatic amines is 1. The smallest absolute Gasteiger partial charge is 0.226 e. The minimum absolute atomic E-state index is 0.100. The van der Waals surface area contributed by atoms with Crippen LogP contribution in [-0.4, -0.2) is 46.7 Å². The first kappa shape index (κ1) is 12.8. The zero-order chi connectivity index (χ0) is 14.2. The third kappa shape index (κ3) is 2.42. The quantitative estimate of drug-likeness (QED) is 0.893. The molecule has 2 aromatic rings. The van der Waals surface area contributed by atoms with E-state index < -0.39 is 0 Å². The topological polar surface area (TPSA) is 61.0 Å². The highest BCUT2D eigenvalue weighted by Crippen LogP contribution is 2.27. The standard InChI is InChI=1S/C16H20N4O/c21-16(17-15-10-20-7-5-11(15)6-8-20)9-14-12-3-1-2-4-13(12)18-19-14/h1-4,11,15H,5-10H2,(H,17,21)(H,18,19)/t15-/m1/s1. The summed E-state index contributed by atoms with van der Waals surface area (Å²) >= 11 is 0. The van der Waals surface area contributed by atoms with Crippen molar-refractivity contribution in [3.05, 3.63) is 30.0 Å². The second-order valence-electron chi connectivity index (χ2n) is 6.21. The summed E-state index contributed by atoms with van der Waals surface area (Å²) in [6, 6.07) is 8.23. The number of nitrogens with one attached hydrogen (secondary N) is 2. The van der Waals surface area contributed by atoms with E-state index in [9.17, 15) is 4.79 Å². The molecule has 4 heterocycles. The van der Waals surface area contributed by atoms with Crippen LogP contribution in [0.4, 0.5) is 0 Å². The first-order valence-corrected chi connectivity index (χ1v) is 7.73. The van der Waals surface area contributed by atoms with E-state index >= 15 is 0 Å². The van der Waals surface area contributed by atoms with E-state index in [0.717, 1.165) is 23.1 Å². The summed E-state index contributed by atoms with van der Waals surface area (Å²) in [7, 11) is 0. The van der Waals surface area contributed by atoms with Crippen molar-refractivity contribution in [2.75, 3.05) is 19.6 Å². The lowest BCUT2D eigenvalue weighted by molar-refractivity contribution is -0.122. The van der Waals surface area contributed by atoms with Crippen molar-refractivity contribution in [3.8, 4) is 0 Å². The normalized spacial score (nSPS) is 27.9. The van der Waals surface area contributed by atoms with E-state index in [0.29, 0.717) is 18.4 Å². The van der Waals surface area contributed by atoms with Gasteiger partial charge in [-0.05, 0) is 37.9 Å². The maximum absolute atomic E-state index is 12.3. The average molecular weight is 284 g/mol. The third-order valence-electron chi connectivity index (χ3n) is 4.88. The van der Waals surface area contributed by atoms with Crippen LogP contribution in [0.25, 0.3) is 10.9 Å². The van der Waals surface area contributed by atoms with Crippen LogP contribution in [0.3, 0.4) is 0 Å². The maximum atomic E-state index is 12.3. The van der Waals surface area contributed by atoms with Gasteiger partial charge in [0.15, 0.2) is 0 Å². The summed E-state index contributed by atoms with van der Waals surface area (Å²) in [4.78, 5) is 14.8. The van der Waals surface area contributed by atoms with Gasteiger partial charge in [-0.25, -0.2) is 0 Å². The molecule has 3 aliphatic rings. The fourth-order valence-electron chi connectivity index (χ4n) is 3.70. The number of aromatic nitrogens is 2. The molecule has 2 N–H and O–H groups in total. The van der Waals surface area contributed by atoms with Gasteiger partial charge in [0.2, 0.25) is 5.91 Å². The van der Waals surface area contributed by atoms with Crippen molar-refractivity contribution in [1.82, 2.24) is 20.4 Å². The van der Waals surface area contributed by atoms with Crippen LogP contribution in [0, 0.1) is 5.92 Å². The monoisotopic (exact) mass is 284 g/mol. The van der Waals surface area contributed by atoms with E-state index in [-0.39, 0.29) is 5.91 Å². The molecule has 0 unspecified atom stereocenters. The van der Waals surface area contributed by atoms with Gasteiger partial charge >= 0.3 is 0 Å². The molecule has 0 aliphatic carbocycles. The van der Waals surface area contributed by atoms with Crippen LogP contribution < -0.4 is 5.32 Å². The molecule has 3 fully saturated rings. The average Bonchev–Trinajstić information content (AvgIpc) is 2.92. The second-order valence-corrected chi connectivity index (χ2v) is 6.21. The third-order valence-corrected chi connectivity index (χ3v) is 4.88. The summed E-state index contributed by atoms with van der Waals surface area (Å²) in [6.45, 7) is 3.41. The number of fused-ring (bicyclic) bond motifs is 4. The lowest BCUT2D eigenvalue weighted by atomic mass is 9.84. The molecule has 5 nitrogen and oxygen atoms in total. The van der Waals surface area contributed by atoms with Gasteiger partial charge in [-0.1, -0.05) is 18.2 Å². The molecular weight excluding hydrogens is 264 g/mol. The van der Waals surface area contributed by atoms with Crippen LogP contribution >= 0.6 is 0 Å². The Labute approximate surface area is 123 Å². The summed E-state index contributed by atoms with van der Waals surface area (Å²) in [5.74, 6) is 0.764. The number of carbonyl (C=O) groups is 1. The highest BCUT2D eigenvalue weighted by Gasteiger charge is 2.34. The minimum atomic E-state index is 0.100. The molecule has 110 valence electrons. The largest absolute Gasteiger partial charge is 0.351 e. The van der Waals surface area contributed by atoms with Crippen molar-refractivity contribution in [1.29, 1.82) is 0 Å². The zero-order valence-electron chi connectivity index (χ0n) is 12.0. The van der Waals surface area contributed by atoms with Gasteiger partial charge in [-0.3, -0.25) is 9.89 Å². The Hall–Kier alpha value is -1.88. The Balaban J connectivity index is 1.44. The van der Waals surface area contributed by atoms with E-state index in [1.54, 1.807) is 0 Å². The van der Waals surface area contributed by atoms with Crippen molar-refractivity contribution in [3.63, 3.8) is 0 Å². The molecule has 2 bridgehead atoms. The number of nitrogens with zero attached hydrogens (tertiary/aromatic N) is 2. The van der Waals surface area contributed by atoms with Crippen molar-refractivity contribution in [2.24, 2.45) is 5.92 Å². The molecule has 0 saturated carbocycles. The first-order chi connectivity index (χ1) is 10.3. The number of H-pyrrole nitrogens is 1. The molecule has 3 aliphatic heterocycles. The van der Waals surface area contributed by atoms with Crippen LogP contribution in [0.2, 0.25) is 0 Å². The van der Waals surface area contributed by atoms with Crippen LogP contribution in [0.5, 0.6) is 0 Å². The number of piperidine rings is 3. The van der Waals surface area contributed by atoms with E-state index in [1.807, 2.05) is 24.3 Å². The summed E-state index contributed by atoms with van der Waals surface area (Å²) in [6.07, 6.45) is 2.82. The molecule has 21 heavy (non-hydrogen) atoms. The van der Waals surface area contributed by atoms with Gasteiger partial charge in [0.25, 0.3) is 0 Å². The Morgan fingerprint density at radius 2 is 2.14 bits per heavy atom. The van der Waals surface area contributed by atoms with Crippen molar-refractivity contribution < 1.29 is 4.79 Å². The Bertz CT molecular complexity index is 657. The van der Waals surface area contributed by atoms with Crippen LogP contribution in [0.15, 0.2) is 24.3 Å². The van der Waals surface area contributed by atoms with Crippen molar-refractivity contribution >= 4 is 16.8 Å². The molecule has 1 aromatic carbocycles. The maximum Gasteiger partial charge on any atom is 0.226 e. The predicted octanol–water partition coefficient (Wildman–Crippen LogP) is 1.32. The van der Waals surface area contributed by atoms with E-state index in [2.05, 4.69) is 20.4 Å².